The minimum absolute atomic E-state index is 0.0768. The lowest BCUT2D eigenvalue weighted by molar-refractivity contribution is -0.141. The van der Waals surface area contributed by atoms with Gasteiger partial charge in [0.1, 0.15) is 17.4 Å². The van der Waals surface area contributed by atoms with Crippen LogP contribution in [0.5, 0.6) is 0 Å². The molecular weight excluding hydrogens is 404 g/mol. The van der Waals surface area contributed by atoms with Crippen molar-refractivity contribution in [1.29, 1.82) is 0 Å². The highest BCUT2D eigenvalue weighted by Gasteiger charge is 2.32. The van der Waals surface area contributed by atoms with E-state index >= 15 is 0 Å². The largest absolute Gasteiger partial charge is 0.480 e. The number of carboxylic acids is 1. The second-order valence-corrected chi connectivity index (χ2v) is 9.27. The number of carboxylic acid groups (broad SMARTS) is 1. The van der Waals surface area contributed by atoms with Gasteiger partial charge in [-0.1, -0.05) is 31.9 Å². The fourth-order valence-electron chi connectivity index (χ4n) is 3.44. The molecule has 0 saturated heterocycles. The number of aryl methyl sites for hydroxylation is 1. The first-order valence-electron chi connectivity index (χ1n) is 9.82. The van der Waals surface area contributed by atoms with E-state index in [2.05, 4.69) is 9.97 Å². The molecule has 0 aliphatic carbocycles. The summed E-state index contributed by atoms with van der Waals surface area (Å²) in [4.78, 5) is 20.2. The van der Waals surface area contributed by atoms with E-state index in [9.17, 15) is 18.3 Å². The van der Waals surface area contributed by atoms with Crippen LogP contribution in [0.1, 0.15) is 37.6 Å². The highest BCUT2D eigenvalue weighted by Crippen LogP contribution is 2.22. The molecule has 0 bridgehead atoms. The van der Waals surface area contributed by atoms with E-state index in [1.54, 1.807) is 24.5 Å². The summed E-state index contributed by atoms with van der Waals surface area (Å²) in [5.41, 5.74) is 2.68. The summed E-state index contributed by atoms with van der Waals surface area (Å²) in [5.74, 6) is -0.294. The molecule has 1 atom stereocenters. The zero-order chi connectivity index (χ0) is 21.9. The van der Waals surface area contributed by atoms with Crippen molar-refractivity contribution < 1.29 is 18.3 Å². The number of rotatable bonds is 9. The minimum atomic E-state index is -3.91. The number of fused-ring (bicyclic) bond motifs is 1. The molecule has 0 saturated carbocycles. The van der Waals surface area contributed by atoms with Crippen LogP contribution in [-0.4, -0.2) is 51.4 Å². The van der Waals surface area contributed by atoms with Gasteiger partial charge in [0.2, 0.25) is 10.0 Å². The van der Waals surface area contributed by atoms with Gasteiger partial charge in [-0.15, -0.1) is 0 Å². The predicted octanol–water partition coefficient (Wildman–Crippen LogP) is 3.05. The Morgan fingerprint density at radius 2 is 1.93 bits per heavy atom. The molecule has 30 heavy (non-hydrogen) atoms. The highest BCUT2D eigenvalue weighted by molar-refractivity contribution is 7.89. The summed E-state index contributed by atoms with van der Waals surface area (Å²) < 4.78 is 28.9. The topological polar surface area (TPSA) is 105 Å². The van der Waals surface area contributed by atoms with Crippen molar-refractivity contribution in [2.75, 3.05) is 7.05 Å². The molecule has 8 nitrogen and oxygen atoms in total. The smallest absolute Gasteiger partial charge is 0.322 e. The van der Waals surface area contributed by atoms with E-state index in [4.69, 9.17) is 0 Å². The van der Waals surface area contributed by atoms with Gasteiger partial charge in [-0.25, -0.2) is 13.4 Å². The monoisotopic (exact) mass is 430 g/mol. The van der Waals surface area contributed by atoms with Gasteiger partial charge in [-0.2, -0.15) is 4.31 Å². The third kappa shape index (κ3) is 4.36. The first-order valence-corrected chi connectivity index (χ1v) is 11.3. The SMILES string of the molecule is CCCC[C@@H](C(=O)O)N(C)S(=O)(=O)c1ccc(Cn2c(C)nc3cnccc32)cc1. The molecule has 0 radical (unpaired) electrons. The van der Waals surface area contributed by atoms with Crippen molar-refractivity contribution in [2.24, 2.45) is 0 Å². The van der Waals surface area contributed by atoms with E-state index in [0.29, 0.717) is 13.0 Å². The van der Waals surface area contributed by atoms with Gasteiger partial charge in [0.05, 0.1) is 16.6 Å². The van der Waals surface area contributed by atoms with Gasteiger partial charge in [0.25, 0.3) is 0 Å². The van der Waals surface area contributed by atoms with Crippen LogP contribution in [-0.2, 0) is 21.4 Å². The Bertz CT molecular complexity index is 1140. The summed E-state index contributed by atoms with van der Waals surface area (Å²) >= 11 is 0. The third-order valence-electron chi connectivity index (χ3n) is 5.24. The Balaban J connectivity index is 1.83. The molecule has 3 aromatic rings. The van der Waals surface area contributed by atoms with E-state index in [0.717, 1.165) is 33.1 Å². The van der Waals surface area contributed by atoms with Gasteiger partial charge in [0.15, 0.2) is 0 Å². The van der Waals surface area contributed by atoms with Gasteiger partial charge in [0, 0.05) is 19.8 Å². The zero-order valence-corrected chi connectivity index (χ0v) is 18.1. The van der Waals surface area contributed by atoms with Crippen molar-refractivity contribution in [3.05, 3.63) is 54.1 Å². The number of sulfonamides is 1. The predicted molar refractivity (Wildman–Crippen MR) is 114 cm³/mol. The Labute approximate surface area is 176 Å². The van der Waals surface area contributed by atoms with E-state index in [1.165, 1.54) is 19.2 Å². The molecule has 0 fully saturated rings. The number of aliphatic carboxylic acids is 1. The molecule has 2 aromatic heterocycles. The Morgan fingerprint density at radius 1 is 1.23 bits per heavy atom. The Hall–Kier alpha value is -2.78. The van der Waals surface area contributed by atoms with Gasteiger partial charge in [-0.3, -0.25) is 9.78 Å². The summed E-state index contributed by atoms with van der Waals surface area (Å²) in [6.07, 6.45) is 5.14. The maximum absolute atomic E-state index is 12.9. The fraction of sp³-hybridized carbons (Fsp3) is 0.381. The molecule has 3 rings (SSSR count). The van der Waals surface area contributed by atoms with Gasteiger partial charge >= 0.3 is 5.97 Å². The lowest BCUT2D eigenvalue weighted by atomic mass is 10.1. The average Bonchev–Trinajstić information content (AvgIpc) is 3.03. The van der Waals surface area contributed by atoms with Crippen molar-refractivity contribution in [3.63, 3.8) is 0 Å². The van der Waals surface area contributed by atoms with Crippen molar-refractivity contribution in [1.82, 2.24) is 18.8 Å². The maximum atomic E-state index is 12.9. The number of likely N-dealkylation sites (N-methyl/N-ethyl adjacent to an activating group) is 1. The van der Waals surface area contributed by atoms with Crippen LogP contribution in [0.4, 0.5) is 0 Å². The van der Waals surface area contributed by atoms with Crippen LogP contribution in [0.2, 0.25) is 0 Å². The molecule has 0 unspecified atom stereocenters. The van der Waals surface area contributed by atoms with Gasteiger partial charge < -0.3 is 9.67 Å². The first kappa shape index (κ1) is 21.9. The van der Waals surface area contributed by atoms with Crippen molar-refractivity contribution >= 4 is 27.0 Å². The lowest BCUT2D eigenvalue weighted by Gasteiger charge is -2.24. The quantitative estimate of drug-likeness (QED) is 0.559. The molecular formula is C21H26N4O4S. The Morgan fingerprint density at radius 3 is 2.57 bits per heavy atom. The maximum Gasteiger partial charge on any atom is 0.322 e. The number of unbranched alkanes of at least 4 members (excludes halogenated alkanes) is 1. The molecule has 0 spiro atoms. The standard InChI is InChI=1S/C21H26N4O4S/c1-4-5-6-20(21(26)27)24(3)30(28,29)17-9-7-16(8-10-17)14-25-15(2)23-18-13-22-12-11-19(18)25/h7-13,20H,4-6,14H2,1-3H3,(H,26,27)/t20-/m0/s1. The number of carbonyl (C=O) groups is 1. The third-order valence-corrected chi connectivity index (χ3v) is 7.12. The molecule has 160 valence electrons. The highest BCUT2D eigenvalue weighted by atomic mass is 32.2. The van der Waals surface area contributed by atoms with Crippen LogP contribution in [0.25, 0.3) is 11.0 Å². The second kappa shape index (κ2) is 8.93. The van der Waals surface area contributed by atoms with Crippen LogP contribution >= 0.6 is 0 Å². The Kier molecular flexibility index (Phi) is 6.52. The van der Waals surface area contributed by atoms with E-state index in [1.807, 2.05) is 24.5 Å². The normalized spacial score (nSPS) is 13.1. The average molecular weight is 431 g/mol. The van der Waals surface area contributed by atoms with Crippen LogP contribution in [0, 0.1) is 6.92 Å². The summed E-state index contributed by atoms with van der Waals surface area (Å²) in [7, 11) is -2.58. The molecule has 0 aliphatic rings. The van der Waals surface area contributed by atoms with Crippen molar-refractivity contribution in [2.45, 2.75) is 50.6 Å². The number of imidazole rings is 1. The first-order chi connectivity index (χ1) is 14.3. The molecule has 1 N–H and O–H groups in total. The minimum Gasteiger partial charge on any atom is -0.480 e. The number of aromatic nitrogens is 3. The van der Waals surface area contributed by atoms with E-state index in [-0.39, 0.29) is 11.3 Å². The number of nitrogens with zero attached hydrogens (tertiary/aromatic N) is 4. The van der Waals surface area contributed by atoms with E-state index < -0.39 is 22.0 Å². The van der Waals surface area contributed by atoms with Crippen molar-refractivity contribution in [3.8, 4) is 0 Å². The fourth-order valence-corrected chi connectivity index (χ4v) is 4.79. The van der Waals surface area contributed by atoms with Crippen LogP contribution < -0.4 is 0 Å². The molecule has 0 aliphatic heterocycles. The number of pyridine rings is 1. The molecule has 2 heterocycles. The second-order valence-electron chi connectivity index (χ2n) is 7.27. The molecule has 9 heteroatoms. The summed E-state index contributed by atoms with van der Waals surface area (Å²) in [6, 6.07) is 7.35. The number of hydrogen-bond acceptors (Lipinski definition) is 5. The lowest BCUT2D eigenvalue weighted by Crippen LogP contribution is -2.42. The number of benzene rings is 1. The summed E-state index contributed by atoms with van der Waals surface area (Å²) in [5, 5.41) is 9.46. The summed E-state index contributed by atoms with van der Waals surface area (Å²) in [6.45, 7) is 4.39. The number of hydrogen-bond donors (Lipinski definition) is 1. The molecule has 1 aromatic carbocycles. The van der Waals surface area contributed by atoms with Crippen LogP contribution in [0.15, 0.2) is 47.6 Å². The van der Waals surface area contributed by atoms with Crippen LogP contribution in [0.3, 0.4) is 0 Å². The molecule has 0 amide bonds. The van der Waals surface area contributed by atoms with Gasteiger partial charge in [-0.05, 0) is 37.1 Å². The zero-order valence-electron chi connectivity index (χ0n) is 17.3.